The van der Waals surface area contributed by atoms with E-state index in [4.69, 9.17) is 9.84 Å². The highest BCUT2D eigenvalue weighted by Gasteiger charge is 2.60. The van der Waals surface area contributed by atoms with Gasteiger partial charge in [0.2, 0.25) is 0 Å². The average Bonchev–Trinajstić information content (AvgIpc) is 3.56. The largest absolute Gasteiger partial charge is 0.573 e. The Morgan fingerprint density at radius 1 is 1.03 bits per heavy atom. The van der Waals surface area contributed by atoms with Crippen LogP contribution >= 0.6 is 0 Å². The molecule has 2 fully saturated rings. The van der Waals surface area contributed by atoms with Crippen molar-refractivity contribution in [1.29, 1.82) is 0 Å². The molecule has 3 atom stereocenters. The van der Waals surface area contributed by atoms with E-state index in [2.05, 4.69) is 4.74 Å². The topological polar surface area (TPSA) is 117 Å². The third-order valence-electron chi connectivity index (χ3n) is 7.24. The lowest BCUT2D eigenvalue weighted by Crippen LogP contribution is -2.63. The molecule has 2 amide bonds. The molecule has 2 aromatic carbocycles. The first-order chi connectivity index (χ1) is 18.0. The number of hydrogen-bond donors (Lipinski definition) is 2. The Labute approximate surface area is 215 Å². The molecule has 1 aliphatic heterocycles. The molecule has 0 radical (unpaired) electrons. The lowest BCUT2D eigenvalue weighted by atomic mass is 9.78. The number of hydrogen-bond acceptors (Lipinski definition) is 6. The van der Waals surface area contributed by atoms with Gasteiger partial charge in [0.1, 0.15) is 5.75 Å². The normalized spacial score (nSPS) is 24.3. The number of nitrogens with zero attached hydrogens (tertiary/aromatic N) is 2. The van der Waals surface area contributed by atoms with E-state index in [1.54, 1.807) is 24.3 Å². The van der Waals surface area contributed by atoms with Crippen LogP contribution in [0.2, 0.25) is 0 Å². The fourth-order valence-corrected chi connectivity index (χ4v) is 5.69. The van der Waals surface area contributed by atoms with Gasteiger partial charge in [-0.1, -0.05) is 24.6 Å². The second-order valence-electron chi connectivity index (χ2n) is 9.64. The zero-order valence-electron chi connectivity index (χ0n) is 20.1. The number of ether oxygens (including phenoxy) is 2. The van der Waals surface area contributed by atoms with Crippen molar-refractivity contribution in [3.05, 3.63) is 59.7 Å². The Kier molecular flexibility index (Phi) is 6.46. The molecule has 2 saturated carbocycles. The number of amides is 2. The minimum Gasteiger partial charge on any atom is -0.479 e. The number of fused-ring (bicyclic) bond motifs is 2. The molecule has 2 aromatic rings. The number of anilines is 1. The maximum atomic E-state index is 13.8. The van der Waals surface area contributed by atoms with Crippen LogP contribution in [0.4, 0.5) is 23.7 Å². The molecule has 5 rings (SSSR count). The van der Waals surface area contributed by atoms with Crippen molar-refractivity contribution in [3.63, 3.8) is 0 Å². The zero-order chi connectivity index (χ0) is 27.2. The van der Waals surface area contributed by atoms with Gasteiger partial charge >= 0.3 is 18.4 Å². The van der Waals surface area contributed by atoms with Gasteiger partial charge in [0.25, 0.3) is 5.91 Å². The zero-order valence-corrected chi connectivity index (χ0v) is 20.1. The van der Waals surface area contributed by atoms with Crippen LogP contribution < -0.4 is 9.64 Å². The number of carbonyl (C=O) groups excluding carboxylic acids is 2. The highest BCUT2D eigenvalue weighted by molar-refractivity contribution is 6.07. The molecule has 0 saturated heterocycles. The van der Waals surface area contributed by atoms with Gasteiger partial charge in [0, 0.05) is 29.1 Å². The molecule has 0 aromatic heterocycles. The lowest BCUT2D eigenvalue weighted by Gasteiger charge is -2.52. The number of carbonyl (C=O) groups is 3. The maximum absolute atomic E-state index is 13.8. The van der Waals surface area contributed by atoms with Crippen LogP contribution in [0.3, 0.4) is 0 Å². The van der Waals surface area contributed by atoms with E-state index in [-0.39, 0.29) is 11.6 Å². The molecule has 1 heterocycles. The van der Waals surface area contributed by atoms with Gasteiger partial charge in [0.05, 0.1) is 5.69 Å². The third-order valence-corrected chi connectivity index (χ3v) is 7.24. The number of rotatable bonds is 6. The molecule has 2 N–H and O–H groups in total. The molecule has 0 spiro atoms. The summed E-state index contributed by atoms with van der Waals surface area (Å²) in [6.07, 6.45) is -2.94. The molecule has 3 unspecified atom stereocenters. The van der Waals surface area contributed by atoms with Crippen LogP contribution in [-0.2, 0) is 15.3 Å². The number of benzene rings is 2. The Balaban J connectivity index is 1.54. The van der Waals surface area contributed by atoms with Crippen LogP contribution in [0.5, 0.6) is 5.75 Å². The molecular formula is C26H25F3N2O7. The van der Waals surface area contributed by atoms with Crippen molar-refractivity contribution in [2.75, 3.05) is 11.5 Å². The van der Waals surface area contributed by atoms with E-state index < -0.39 is 54.4 Å². The van der Waals surface area contributed by atoms with Crippen LogP contribution in [0.25, 0.3) is 0 Å². The number of aliphatic carboxylic acids is 1. The monoisotopic (exact) mass is 534 g/mol. The Bertz CT molecular complexity index is 1250. The van der Waals surface area contributed by atoms with E-state index in [1.807, 2.05) is 0 Å². The molecule has 3 aliphatic rings. The summed E-state index contributed by atoms with van der Waals surface area (Å²) in [7, 11) is 0. The third kappa shape index (κ3) is 4.64. The predicted molar refractivity (Wildman–Crippen MR) is 125 cm³/mol. The van der Waals surface area contributed by atoms with Crippen molar-refractivity contribution < 1.29 is 47.2 Å². The summed E-state index contributed by atoms with van der Waals surface area (Å²) in [4.78, 5) is 40.6. The molecule has 0 bridgehead atoms. The van der Waals surface area contributed by atoms with Crippen LogP contribution in [-0.4, -0.2) is 58.1 Å². The highest BCUT2D eigenvalue weighted by atomic mass is 19.4. The Hall–Kier alpha value is -3.80. The van der Waals surface area contributed by atoms with Crippen molar-refractivity contribution in [3.8, 4) is 5.75 Å². The number of para-hydroxylation sites is 1. The SMILES string of the molecule is O=C(O)COC(=O)N(C1CC1)C1(O)c2ccccc2N(C(=O)c2ccc(OC(F)(F)F)cc2)C2CCCC21. The van der Waals surface area contributed by atoms with E-state index in [1.165, 1.54) is 21.9 Å². The van der Waals surface area contributed by atoms with E-state index in [0.29, 0.717) is 43.4 Å². The quantitative estimate of drug-likeness (QED) is 0.533. The first-order valence-corrected chi connectivity index (χ1v) is 12.2. The minimum absolute atomic E-state index is 0.130. The predicted octanol–water partition coefficient (Wildman–Crippen LogP) is 4.25. The lowest BCUT2D eigenvalue weighted by molar-refractivity contribution is -0.274. The number of carboxylic acids is 1. The van der Waals surface area contributed by atoms with Crippen LogP contribution in [0.1, 0.15) is 48.0 Å². The second-order valence-corrected chi connectivity index (χ2v) is 9.64. The van der Waals surface area contributed by atoms with Gasteiger partial charge in [-0.3, -0.25) is 9.69 Å². The van der Waals surface area contributed by atoms with Crippen molar-refractivity contribution >= 4 is 23.7 Å². The van der Waals surface area contributed by atoms with Gasteiger partial charge in [0.15, 0.2) is 12.3 Å². The molecule has 202 valence electrons. The van der Waals surface area contributed by atoms with E-state index in [0.717, 1.165) is 12.1 Å². The van der Waals surface area contributed by atoms with Gasteiger partial charge < -0.3 is 24.6 Å². The maximum Gasteiger partial charge on any atom is 0.573 e. The van der Waals surface area contributed by atoms with E-state index in [9.17, 15) is 32.7 Å². The summed E-state index contributed by atoms with van der Waals surface area (Å²) >= 11 is 0. The Morgan fingerprint density at radius 3 is 2.34 bits per heavy atom. The van der Waals surface area contributed by atoms with Crippen molar-refractivity contribution in [2.45, 2.75) is 56.3 Å². The van der Waals surface area contributed by atoms with Crippen molar-refractivity contribution in [1.82, 2.24) is 4.90 Å². The summed E-state index contributed by atoms with van der Waals surface area (Å²) in [6.45, 7) is -0.855. The molecule has 2 aliphatic carbocycles. The summed E-state index contributed by atoms with van der Waals surface area (Å²) in [5.41, 5.74) is -1.07. The smallest absolute Gasteiger partial charge is 0.479 e. The van der Waals surface area contributed by atoms with Gasteiger partial charge in [-0.15, -0.1) is 13.2 Å². The van der Waals surface area contributed by atoms with Gasteiger partial charge in [-0.05, 0) is 56.0 Å². The fourth-order valence-electron chi connectivity index (χ4n) is 5.69. The second kappa shape index (κ2) is 9.50. The number of halogens is 3. The average molecular weight is 534 g/mol. The van der Waals surface area contributed by atoms with Gasteiger partial charge in [-0.25, -0.2) is 9.59 Å². The van der Waals surface area contributed by atoms with Crippen LogP contribution in [0, 0.1) is 5.92 Å². The molecule has 9 nitrogen and oxygen atoms in total. The summed E-state index contributed by atoms with van der Waals surface area (Å²) in [5.74, 6) is -2.86. The number of aliphatic hydroxyl groups is 1. The molecule has 38 heavy (non-hydrogen) atoms. The summed E-state index contributed by atoms with van der Waals surface area (Å²) < 4.78 is 46.6. The fraction of sp³-hybridized carbons (Fsp3) is 0.423. The number of alkyl halides is 3. The van der Waals surface area contributed by atoms with E-state index >= 15 is 0 Å². The molecule has 12 heteroatoms. The Morgan fingerprint density at radius 2 is 1.71 bits per heavy atom. The van der Waals surface area contributed by atoms with Crippen molar-refractivity contribution in [2.24, 2.45) is 5.92 Å². The van der Waals surface area contributed by atoms with Gasteiger partial charge in [-0.2, -0.15) is 0 Å². The molecular weight excluding hydrogens is 509 g/mol. The highest BCUT2D eigenvalue weighted by Crippen LogP contribution is 2.55. The van der Waals surface area contributed by atoms with Crippen LogP contribution in [0.15, 0.2) is 48.5 Å². The standard InChI is InChI=1S/C26H25F3N2O7/c27-26(28,29)38-17-12-8-15(9-13-17)23(34)30-20-6-2-1-4-18(20)25(36,19-5-3-7-21(19)30)31(16-10-11-16)24(35)37-14-22(32)33/h1-2,4,6,8-9,12-13,16,19,21,36H,3,5,7,10-11,14H2,(H,32,33). The summed E-state index contributed by atoms with van der Waals surface area (Å²) in [5, 5.41) is 21.3. The minimum atomic E-state index is -4.86. The summed E-state index contributed by atoms with van der Waals surface area (Å²) in [6, 6.07) is 10.3. The first kappa shape index (κ1) is 25.8. The first-order valence-electron chi connectivity index (χ1n) is 12.2. The number of carboxylic acid groups (broad SMARTS) is 1.